The molecule has 0 saturated heterocycles. The van der Waals surface area contributed by atoms with Gasteiger partial charge in [0.1, 0.15) is 63.1 Å². The second-order valence-corrected chi connectivity index (χ2v) is 21.8. The van der Waals surface area contributed by atoms with Gasteiger partial charge in [-0.05, 0) is 84.3 Å². The molecule has 0 spiro atoms. The van der Waals surface area contributed by atoms with Crippen LogP contribution in [0.25, 0.3) is 0 Å². The third-order valence-electron chi connectivity index (χ3n) is 11.4. The number of benzene rings is 4. The van der Waals surface area contributed by atoms with Crippen molar-refractivity contribution in [3.63, 3.8) is 0 Å². The van der Waals surface area contributed by atoms with Crippen molar-refractivity contribution in [1.82, 2.24) is 44.3 Å². The Hall–Kier alpha value is -5.59. The standard InChI is InChI=1S/C16H22ClN3O.C16H15F2N3Si.C15H17ClN4/c1-15(2,3)16(21,10-20-12-18-11-19-20)9-8-13-4-6-14(17)7-5-13;1-22(12-21-11-19-10-20-21,15-6-2-13(17)3-7-15)16-8-4-14(18)5-9-16;1-2-3-8-15(9-17,10-20-12-18-11-19-20)13-4-6-14(16)7-5-13/h4-7,11-12,21H,8-10H2,1-3H3;2-11H,12H2,1H3;4-7,11-12H,2-3,8,10H2,1H3. The number of hydrogen-bond donors (Lipinski definition) is 1. The average molecular weight is 912 g/mol. The molecule has 16 heteroatoms. The Morgan fingerprint density at radius 3 is 1.56 bits per heavy atom. The largest absolute Gasteiger partial charge is 0.387 e. The third-order valence-corrected chi connectivity index (χ3v) is 16.1. The molecule has 2 atom stereocenters. The van der Waals surface area contributed by atoms with Crippen LogP contribution in [0.1, 0.15) is 64.5 Å². The summed E-state index contributed by atoms with van der Waals surface area (Å²) in [6.45, 7) is 11.4. The van der Waals surface area contributed by atoms with Crippen LogP contribution in [0.2, 0.25) is 16.6 Å². The van der Waals surface area contributed by atoms with Crippen molar-refractivity contribution in [3.8, 4) is 6.07 Å². The van der Waals surface area contributed by atoms with Gasteiger partial charge < -0.3 is 5.11 Å². The summed E-state index contributed by atoms with van der Waals surface area (Å²) >= 11 is 11.8. The number of aliphatic hydroxyl groups is 1. The maximum absolute atomic E-state index is 13.2. The predicted octanol–water partition coefficient (Wildman–Crippen LogP) is 8.91. The van der Waals surface area contributed by atoms with Gasteiger partial charge in [0.2, 0.25) is 0 Å². The normalized spacial score (nSPS) is 13.3. The van der Waals surface area contributed by atoms with E-state index >= 15 is 0 Å². The Morgan fingerprint density at radius 1 is 0.667 bits per heavy atom. The lowest BCUT2D eigenvalue weighted by molar-refractivity contribution is -0.0796. The molecule has 0 radical (unpaired) electrons. The second kappa shape index (κ2) is 22.2. The Morgan fingerprint density at radius 2 is 1.13 bits per heavy atom. The molecule has 1 N–H and O–H groups in total. The summed E-state index contributed by atoms with van der Waals surface area (Å²) in [5.41, 5.74) is 0.439. The summed E-state index contributed by atoms with van der Waals surface area (Å²) in [6.07, 6.45) is 14.4. The molecular weight excluding hydrogens is 858 g/mol. The SMILES string of the molecule is CC(C)(C)C(O)(CCc1ccc(Cl)cc1)Cn1cncn1.CCCCC(C#N)(Cn1cncn1)c1ccc(Cl)cc1.C[Si](Cn1cncn1)(c1ccc(F)cc1)c1ccc(F)cc1. The first-order valence-corrected chi connectivity index (χ1v) is 24.2. The van der Waals surface area contributed by atoms with Crippen LogP contribution in [0.5, 0.6) is 0 Å². The molecule has 7 aromatic rings. The van der Waals surface area contributed by atoms with Crippen LogP contribution in [0.3, 0.4) is 0 Å². The van der Waals surface area contributed by atoms with E-state index in [1.54, 1.807) is 33.0 Å². The van der Waals surface area contributed by atoms with Gasteiger partial charge in [-0.15, -0.1) is 0 Å². The predicted molar refractivity (Wildman–Crippen MR) is 246 cm³/mol. The van der Waals surface area contributed by atoms with Crippen LogP contribution in [0, 0.1) is 28.4 Å². The molecule has 0 aliphatic heterocycles. The molecule has 0 bridgehead atoms. The molecule has 3 aromatic heterocycles. The summed E-state index contributed by atoms with van der Waals surface area (Å²) in [4.78, 5) is 11.9. The van der Waals surface area contributed by atoms with Gasteiger partial charge in [-0.25, -0.2) is 23.7 Å². The van der Waals surface area contributed by atoms with Crippen molar-refractivity contribution in [2.45, 2.75) is 96.6 Å². The highest BCUT2D eigenvalue weighted by Gasteiger charge is 2.40. The van der Waals surface area contributed by atoms with Crippen molar-refractivity contribution in [3.05, 3.63) is 168 Å². The lowest BCUT2D eigenvalue weighted by atomic mass is 9.73. The highest BCUT2D eigenvalue weighted by Crippen LogP contribution is 2.36. The van der Waals surface area contributed by atoms with E-state index in [0.29, 0.717) is 30.7 Å². The number of nitrogens with zero attached hydrogens (tertiary/aromatic N) is 10. The molecule has 0 fully saturated rings. The first kappa shape index (κ1) is 48.4. The molecule has 0 aliphatic rings. The van der Waals surface area contributed by atoms with Gasteiger partial charge in [0, 0.05) is 16.2 Å². The van der Waals surface area contributed by atoms with E-state index in [4.69, 9.17) is 23.2 Å². The van der Waals surface area contributed by atoms with Crippen LogP contribution >= 0.6 is 23.2 Å². The van der Waals surface area contributed by atoms with E-state index < -0.39 is 19.1 Å². The molecule has 0 saturated carbocycles. The Labute approximate surface area is 379 Å². The van der Waals surface area contributed by atoms with Crippen molar-refractivity contribution >= 4 is 41.6 Å². The monoisotopic (exact) mass is 910 g/mol. The first-order valence-electron chi connectivity index (χ1n) is 20.7. The van der Waals surface area contributed by atoms with Crippen LogP contribution in [-0.4, -0.2) is 63.1 Å². The van der Waals surface area contributed by atoms with Crippen LogP contribution in [0.15, 0.2) is 135 Å². The van der Waals surface area contributed by atoms with Crippen molar-refractivity contribution in [2.24, 2.45) is 5.41 Å². The molecule has 330 valence electrons. The van der Waals surface area contributed by atoms with Gasteiger partial charge >= 0.3 is 0 Å². The number of rotatable bonds is 15. The summed E-state index contributed by atoms with van der Waals surface area (Å²) < 4.78 is 31.7. The number of aromatic nitrogens is 9. The summed E-state index contributed by atoms with van der Waals surface area (Å²) in [5.74, 6) is -0.528. The quantitative estimate of drug-likeness (QED) is 0.101. The van der Waals surface area contributed by atoms with Crippen molar-refractivity contribution < 1.29 is 13.9 Å². The van der Waals surface area contributed by atoms with Crippen LogP contribution in [-0.2, 0) is 31.1 Å². The van der Waals surface area contributed by atoms with Gasteiger partial charge in [-0.3, -0.25) is 14.0 Å². The van der Waals surface area contributed by atoms with E-state index in [1.807, 2.05) is 93.6 Å². The highest BCUT2D eigenvalue weighted by atomic mass is 35.5. The number of aryl methyl sites for hydroxylation is 1. The zero-order valence-corrected chi connectivity index (χ0v) is 38.8. The number of hydrogen-bond acceptors (Lipinski definition) is 8. The van der Waals surface area contributed by atoms with Gasteiger partial charge in [0.05, 0.1) is 24.8 Å². The first-order chi connectivity index (χ1) is 30.1. The summed E-state index contributed by atoms with van der Waals surface area (Å²) in [7, 11) is -2.22. The topological polar surface area (TPSA) is 136 Å². The smallest absolute Gasteiger partial charge is 0.137 e. The Bertz CT molecular complexity index is 2380. The van der Waals surface area contributed by atoms with Crippen LogP contribution in [0.4, 0.5) is 8.78 Å². The fraction of sp³-hybridized carbons (Fsp3) is 0.340. The number of halogens is 4. The van der Waals surface area contributed by atoms with E-state index in [0.717, 1.165) is 46.6 Å². The lowest BCUT2D eigenvalue weighted by Gasteiger charge is -2.40. The van der Waals surface area contributed by atoms with Gasteiger partial charge in [-0.2, -0.15) is 20.6 Å². The zero-order chi connectivity index (χ0) is 45.5. The van der Waals surface area contributed by atoms with E-state index in [9.17, 15) is 19.1 Å². The number of nitriles is 1. The minimum atomic E-state index is -2.22. The molecular formula is C47H54Cl2F2N10OSi. The second-order valence-electron chi connectivity index (χ2n) is 16.8. The Balaban J connectivity index is 0.000000178. The van der Waals surface area contributed by atoms with E-state index in [2.05, 4.69) is 49.8 Å². The molecule has 63 heavy (non-hydrogen) atoms. The van der Waals surface area contributed by atoms with E-state index in [1.165, 1.54) is 48.8 Å². The fourth-order valence-electron chi connectivity index (χ4n) is 7.21. The summed E-state index contributed by atoms with van der Waals surface area (Å²) in [5, 5.41) is 36.9. The zero-order valence-electron chi connectivity index (χ0n) is 36.3. The van der Waals surface area contributed by atoms with E-state index in [-0.39, 0.29) is 17.0 Å². The third kappa shape index (κ3) is 13.5. The molecule has 11 nitrogen and oxygen atoms in total. The van der Waals surface area contributed by atoms with Crippen molar-refractivity contribution in [2.75, 3.05) is 0 Å². The molecule has 3 heterocycles. The molecule has 4 aromatic carbocycles. The number of unbranched alkanes of at least 4 members (excludes halogenated alkanes) is 1. The maximum Gasteiger partial charge on any atom is 0.137 e. The minimum absolute atomic E-state index is 0.259. The fourth-order valence-corrected chi connectivity index (χ4v) is 10.8. The van der Waals surface area contributed by atoms with Gasteiger partial charge in [-0.1, -0.05) is 129 Å². The Kier molecular flexibility index (Phi) is 17.0. The van der Waals surface area contributed by atoms with Gasteiger partial charge in [0.25, 0.3) is 0 Å². The molecule has 7 rings (SSSR count). The summed E-state index contributed by atoms with van der Waals surface area (Å²) in [6, 6.07) is 30.9. The highest BCUT2D eigenvalue weighted by molar-refractivity contribution is 7.00. The average Bonchev–Trinajstić information content (AvgIpc) is 4.09. The van der Waals surface area contributed by atoms with Crippen LogP contribution < -0.4 is 10.4 Å². The molecule has 0 aliphatic carbocycles. The maximum atomic E-state index is 13.2. The van der Waals surface area contributed by atoms with Gasteiger partial charge in [0.15, 0.2) is 0 Å². The minimum Gasteiger partial charge on any atom is -0.387 e. The molecule has 0 amide bonds. The molecule has 2 unspecified atom stereocenters. The van der Waals surface area contributed by atoms with Crippen molar-refractivity contribution in [1.29, 1.82) is 5.26 Å². The lowest BCUT2D eigenvalue weighted by Crippen LogP contribution is -2.59.